The number of carbonyl (C=O) groups excluding carboxylic acids is 1. The predicted octanol–water partition coefficient (Wildman–Crippen LogP) is 2.60. The summed E-state index contributed by atoms with van der Waals surface area (Å²) in [5, 5.41) is 2.82. The second-order valence-corrected chi connectivity index (χ2v) is 4.85. The highest BCUT2D eigenvalue weighted by Gasteiger charge is 2.45. The van der Waals surface area contributed by atoms with Crippen LogP contribution in [0.5, 0.6) is 0 Å². The summed E-state index contributed by atoms with van der Waals surface area (Å²) in [6, 6.07) is 6.78. The average molecular weight is 256 g/mol. The first-order chi connectivity index (χ1) is 8.18. The molecule has 0 radical (unpaired) electrons. The Balaban J connectivity index is 2.01. The molecule has 0 unspecified atom stereocenters. The van der Waals surface area contributed by atoms with E-state index in [4.69, 9.17) is 11.6 Å². The van der Waals surface area contributed by atoms with E-state index in [-0.39, 0.29) is 17.1 Å². The summed E-state index contributed by atoms with van der Waals surface area (Å²) < 4.78 is 13.7. The van der Waals surface area contributed by atoms with Crippen molar-refractivity contribution in [2.24, 2.45) is 0 Å². The van der Waals surface area contributed by atoms with Crippen LogP contribution in [-0.2, 0) is 10.2 Å². The second kappa shape index (κ2) is 5.05. The number of halogens is 2. The van der Waals surface area contributed by atoms with Gasteiger partial charge in [-0.2, -0.15) is 0 Å². The van der Waals surface area contributed by atoms with E-state index in [0.29, 0.717) is 24.4 Å². The molecular weight excluding hydrogens is 241 g/mol. The first-order valence-electron chi connectivity index (χ1n) is 5.76. The predicted molar refractivity (Wildman–Crippen MR) is 65.7 cm³/mol. The van der Waals surface area contributed by atoms with Gasteiger partial charge < -0.3 is 5.32 Å². The molecule has 0 heterocycles. The van der Waals surface area contributed by atoms with Gasteiger partial charge in [0.25, 0.3) is 0 Å². The quantitative estimate of drug-likeness (QED) is 0.805. The molecule has 2 rings (SSSR count). The molecule has 1 aliphatic carbocycles. The Bertz CT molecular complexity index is 418. The smallest absolute Gasteiger partial charge is 0.221 e. The first-order valence-corrected chi connectivity index (χ1v) is 6.29. The van der Waals surface area contributed by atoms with Crippen LogP contribution in [-0.4, -0.2) is 18.3 Å². The van der Waals surface area contributed by atoms with Crippen molar-refractivity contribution in [3.05, 3.63) is 35.6 Å². The Morgan fingerprint density at radius 3 is 2.71 bits per heavy atom. The third-order valence-electron chi connectivity index (χ3n) is 3.24. The SMILES string of the molecule is O=C(CCCl)NCC1(c2ccccc2F)CC1. The van der Waals surface area contributed by atoms with Gasteiger partial charge in [-0.3, -0.25) is 4.79 Å². The minimum absolute atomic E-state index is 0.0670. The van der Waals surface area contributed by atoms with E-state index in [0.717, 1.165) is 12.8 Å². The van der Waals surface area contributed by atoms with Gasteiger partial charge in [-0.1, -0.05) is 18.2 Å². The van der Waals surface area contributed by atoms with E-state index in [1.54, 1.807) is 12.1 Å². The van der Waals surface area contributed by atoms with Gasteiger partial charge in [0.15, 0.2) is 0 Å². The lowest BCUT2D eigenvalue weighted by Gasteiger charge is -2.17. The third-order valence-corrected chi connectivity index (χ3v) is 3.43. The van der Waals surface area contributed by atoms with Crippen molar-refractivity contribution in [2.75, 3.05) is 12.4 Å². The summed E-state index contributed by atoms with van der Waals surface area (Å²) >= 11 is 5.48. The normalized spacial score (nSPS) is 16.6. The molecule has 2 nitrogen and oxygen atoms in total. The Morgan fingerprint density at radius 1 is 1.41 bits per heavy atom. The van der Waals surface area contributed by atoms with Crippen molar-refractivity contribution in [2.45, 2.75) is 24.7 Å². The first kappa shape index (κ1) is 12.4. The molecule has 1 aliphatic rings. The van der Waals surface area contributed by atoms with E-state index in [1.165, 1.54) is 6.07 Å². The van der Waals surface area contributed by atoms with Crippen LogP contribution in [0.25, 0.3) is 0 Å². The number of nitrogens with one attached hydrogen (secondary N) is 1. The molecule has 1 fully saturated rings. The topological polar surface area (TPSA) is 29.1 Å². The number of hydrogen-bond acceptors (Lipinski definition) is 1. The second-order valence-electron chi connectivity index (χ2n) is 4.48. The monoisotopic (exact) mass is 255 g/mol. The number of hydrogen-bond donors (Lipinski definition) is 1. The molecule has 4 heteroatoms. The van der Waals surface area contributed by atoms with Crippen LogP contribution < -0.4 is 5.32 Å². The van der Waals surface area contributed by atoms with Crippen LogP contribution in [0.15, 0.2) is 24.3 Å². The number of carbonyl (C=O) groups is 1. The van der Waals surface area contributed by atoms with E-state index < -0.39 is 0 Å². The molecule has 0 bridgehead atoms. The maximum Gasteiger partial charge on any atom is 0.221 e. The summed E-state index contributed by atoms with van der Waals surface area (Å²) in [7, 11) is 0. The summed E-state index contributed by atoms with van der Waals surface area (Å²) in [5.41, 5.74) is 0.527. The minimum atomic E-state index is -0.187. The van der Waals surface area contributed by atoms with Crippen LogP contribution in [0.1, 0.15) is 24.8 Å². The van der Waals surface area contributed by atoms with E-state index in [2.05, 4.69) is 5.32 Å². The fourth-order valence-electron chi connectivity index (χ4n) is 2.03. The van der Waals surface area contributed by atoms with Gasteiger partial charge in [0.2, 0.25) is 5.91 Å². The van der Waals surface area contributed by atoms with E-state index in [1.807, 2.05) is 6.07 Å². The average Bonchev–Trinajstić information content (AvgIpc) is 3.09. The fourth-order valence-corrected chi connectivity index (χ4v) is 2.20. The summed E-state index contributed by atoms with van der Waals surface area (Å²) in [5.74, 6) is 0.0673. The minimum Gasteiger partial charge on any atom is -0.355 e. The Kier molecular flexibility index (Phi) is 3.67. The summed E-state index contributed by atoms with van der Waals surface area (Å²) in [4.78, 5) is 11.3. The van der Waals surface area contributed by atoms with Crippen LogP contribution >= 0.6 is 11.6 Å². The summed E-state index contributed by atoms with van der Waals surface area (Å²) in [6.45, 7) is 0.504. The highest BCUT2D eigenvalue weighted by Crippen LogP contribution is 2.48. The zero-order chi connectivity index (χ0) is 12.3. The maximum atomic E-state index is 13.7. The molecule has 0 aliphatic heterocycles. The molecule has 1 saturated carbocycles. The molecule has 17 heavy (non-hydrogen) atoms. The van der Waals surface area contributed by atoms with Crippen molar-refractivity contribution >= 4 is 17.5 Å². The van der Waals surface area contributed by atoms with Crippen LogP contribution in [0, 0.1) is 5.82 Å². The van der Waals surface area contributed by atoms with Gasteiger partial charge in [-0.05, 0) is 24.5 Å². The molecular formula is C13H15ClFNO. The number of amides is 1. The van der Waals surface area contributed by atoms with Crippen LogP contribution in [0.2, 0.25) is 0 Å². The number of alkyl halides is 1. The van der Waals surface area contributed by atoms with Gasteiger partial charge in [0.1, 0.15) is 5.82 Å². The Labute approximate surface area is 105 Å². The highest BCUT2D eigenvalue weighted by atomic mass is 35.5. The standard InChI is InChI=1S/C13H15ClFNO/c14-8-5-12(17)16-9-13(6-7-13)10-3-1-2-4-11(10)15/h1-4H,5-9H2,(H,16,17). The van der Waals surface area contributed by atoms with Crippen molar-refractivity contribution in [1.82, 2.24) is 5.32 Å². The molecule has 1 aromatic rings. The maximum absolute atomic E-state index is 13.7. The summed E-state index contributed by atoms with van der Waals surface area (Å²) in [6.07, 6.45) is 2.17. The lowest BCUT2D eigenvalue weighted by Crippen LogP contribution is -2.32. The van der Waals surface area contributed by atoms with Crippen molar-refractivity contribution in [1.29, 1.82) is 0 Å². The Hall–Kier alpha value is -1.09. The number of benzene rings is 1. The molecule has 0 aromatic heterocycles. The zero-order valence-electron chi connectivity index (χ0n) is 9.51. The van der Waals surface area contributed by atoms with Gasteiger partial charge in [-0.25, -0.2) is 4.39 Å². The van der Waals surface area contributed by atoms with Crippen molar-refractivity contribution in [3.8, 4) is 0 Å². The molecule has 0 spiro atoms. The van der Waals surface area contributed by atoms with E-state index in [9.17, 15) is 9.18 Å². The van der Waals surface area contributed by atoms with Crippen LogP contribution in [0.4, 0.5) is 4.39 Å². The van der Waals surface area contributed by atoms with E-state index >= 15 is 0 Å². The van der Waals surface area contributed by atoms with Gasteiger partial charge >= 0.3 is 0 Å². The van der Waals surface area contributed by atoms with Crippen molar-refractivity contribution in [3.63, 3.8) is 0 Å². The van der Waals surface area contributed by atoms with Gasteiger partial charge in [0, 0.05) is 24.3 Å². The fraction of sp³-hybridized carbons (Fsp3) is 0.462. The lowest BCUT2D eigenvalue weighted by molar-refractivity contribution is -0.120. The molecule has 1 N–H and O–H groups in total. The van der Waals surface area contributed by atoms with Gasteiger partial charge in [-0.15, -0.1) is 11.6 Å². The molecule has 1 aromatic carbocycles. The largest absolute Gasteiger partial charge is 0.355 e. The molecule has 0 atom stereocenters. The zero-order valence-corrected chi connectivity index (χ0v) is 10.3. The van der Waals surface area contributed by atoms with Gasteiger partial charge in [0.05, 0.1) is 0 Å². The third kappa shape index (κ3) is 2.78. The van der Waals surface area contributed by atoms with Crippen LogP contribution in [0.3, 0.4) is 0 Å². The lowest BCUT2D eigenvalue weighted by atomic mass is 9.95. The molecule has 92 valence electrons. The number of rotatable bonds is 5. The molecule has 0 saturated heterocycles. The molecule has 1 amide bonds. The Morgan fingerprint density at radius 2 is 2.12 bits per heavy atom. The highest BCUT2D eigenvalue weighted by molar-refractivity contribution is 6.18. The van der Waals surface area contributed by atoms with Crippen molar-refractivity contribution < 1.29 is 9.18 Å².